The van der Waals surface area contributed by atoms with Crippen molar-refractivity contribution in [1.82, 2.24) is 0 Å². The van der Waals surface area contributed by atoms with Crippen molar-refractivity contribution >= 4 is 27.4 Å². The molecule has 0 amide bonds. The van der Waals surface area contributed by atoms with E-state index in [1.54, 1.807) is 6.07 Å². The van der Waals surface area contributed by atoms with E-state index in [9.17, 15) is 13.6 Å². The van der Waals surface area contributed by atoms with Gasteiger partial charge in [-0.25, -0.2) is 8.78 Å². The van der Waals surface area contributed by atoms with E-state index in [2.05, 4.69) is 15.9 Å². The first-order valence-corrected chi connectivity index (χ1v) is 6.24. The summed E-state index contributed by atoms with van der Waals surface area (Å²) in [5, 5.41) is 0. The lowest BCUT2D eigenvalue weighted by molar-refractivity contribution is 0.103. The van der Waals surface area contributed by atoms with E-state index in [1.807, 2.05) is 0 Å². The summed E-state index contributed by atoms with van der Waals surface area (Å²) in [5.74, 6) is -1.97. The molecule has 5 heteroatoms. The number of carbonyl (C=O) groups excluding carboxylic acids is 1. The minimum absolute atomic E-state index is 0.155. The second-order valence-electron chi connectivity index (χ2n) is 4.18. The topological polar surface area (TPSA) is 43.1 Å². The van der Waals surface area contributed by atoms with E-state index in [-0.39, 0.29) is 16.7 Å². The summed E-state index contributed by atoms with van der Waals surface area (Å²) >= 11 is 3.20. The van der Waals surface area contributed by atoms with E-state index in [0.717, 1.165) is 12.1 Å². The molecule has 0 aliphatic rings. The number of hydrogen-bond acceptors (Lipinski definition) is 2. The smallest absolute Gasteiger partial charge is 0.196 e. The van der Waals surface area contributed by atoms with E-state index >= 15 is 0 Å². The molecule has 0 saturated heterocycles. The van der Waals surface area contributed by atoms with Gasteiger partial charge < -0.3 is 5.73 Å². The number of carbonyl (C=O) groups is 1. The van der Waals surface area contributed by atoms with Crippen LogP contribution in [0.2, 0.25) is 0 Å². The van der Waals surface area contributed by atoms with Gasteiger partial charge in [0.1, 0.15) is 11.6 Å². The zero-order valence-electron chi connectivity index (χ0n) is 10.0. The van der Waals surface area contributed by atoms with Crippen molar-refractivity contribution in [3.63, 3.8) is 0 Å². The van der Waals surface area contributed by atoms with E-state index in [0.29, 0.717) is 10.2 Å². The van der Waals surface area contributed by atoms with Gasteiger partial charge >= 0.3 is 0 Å². The maximum atomic E-state index is 13.7. The Labute approximate surface area is 117 Å². The second kappa shape index (κ2) is 5.09. The molecule has 0 heterocycles. The largest absolute Gasteiger partial charge is 0.399 e. The van der Waals surface area contributed by atoms with Gasteiger partial charge in [-0.1, -0.05) is 15.9 Å². The van der Waals surface area contributed by atoms with Gasteiger partial charge in [-0.15, -0.1) is 0 Å². The van der Waals surface area contributed by atoms with E-state index in [1.165, 1.54) is 19.1 Å². The highest BCUT2D eigenvalue weighted by molar-refractivity contribution is 9.10. The summed E-state index contributed by atoms with van der Waals surface area (Å²) in [4.78, 5) is 12.2. The normalized spacial score (nSPS) is 10.5. The molecule has 0 aliphatic carbocycles. The predicted octanol–water partition coefficient (Wildman–Crippen LogP) is 3.85. The average molecular weight is 326 g/mol. The van der Waals surface area contributed by atoms with Crippen molar-refractivity contribution in [3.05, 3.63) is 63.1 Å². The molecule has 98 valence electrons. The first-order valence-electron chi connectivity index (χ1n) is 5.45. The van der Waals surface area contributed by atoms with Crippen LogP contribution >= 0.6 is 15.9 Å². The van der Waals surface area contributed by atoms with Crippen LogP contribution in [0.5, 0.6) is 0 Å². The maximum absolute atomic E-state index is 13.7. The summed E-state index contributed by atoms with van der Waals surface area (Å²) in [5.41, 5.74) is 6.04. The third kappa shape index (κ3) is 2.81. The minimum Gasteiger partial charge on any atom is -0.399 e. The molecule has 0 saturated carbocycles. The Morgan fingerprint density at radius 2 is 1.79 bits per heavy atom. The highest BCUT2D eigenvalue weighted by atomic mass is 79.9. The fourth-order valence-electron chi connectivity index (χ4n) is 1.72. The lowest BCUT2D eigenvalue weighted by atomic mass is 10.0. The molecule has 19 heavy (non-hydrogen) atoms. The summed E-state index contributed by atoms with van der Waals surface area (Å²) < 4.78 is 27.8. The molecule has 2 aromatic rings. The predicted molar refractivity (Wildman–Crippen MR) is 73.1 cm³/mol. The van der Waals surface area contributed by atoms with Gasteiger partial charge in [-0.05, 0) is 42.8 Å². The quantitative estimate of drug-likeness (QED) is 0.673. The Balaban J connectivity index is 2.53. The van der Waals surface area contributed by atoms with Crippen LogP contribution in [0.25, 0.3) is 0 Å². The number of nitrogens with two attached hydrogens (primary N) is 1. The molecule has 0 spiro atoms. The van der Waals surface area contributed by atoms with Crippen LogP contribution in [0.15, 0.2) is 34.8 Å². The molecule has 0 atom stereocenters. The molecule has 2 aromatic carbocycles. The van der Waals surface area contributed by atoms with Gasteiger partial charge in [0, 0.05) is 15.7 Å². The average Bonchev–Trinajstić information content (AvgIpc) is 2.31. The van der Waals surface area contributed by atoms with Gasteiger partial charge in [-0.2, -0.15) is 0 Å². The molecular formula is C14H10BrF2NO. The van der Waals surface area contributed by atoms with Crippen molar-refractivity contribution in [2.45, 2.75) is 6.92 Å². The number of halogens is 3. The number of aryl methyl sites for hydroxylation is 1. The summed E-state index contributed by atoms with van der Waals surface area (Å²) in [6.45, 7) is 1.43. The first kappa shape index (κ1) is 13.7. The number of benzene rings is 2. The monoisotopic (exact) mass is 325 g/mol. The van der Waals surface area contributed by atoms with Crippen molar-refractivity contribution in [2.24, 2.45) is 0 Å². The molecule has 0 aliphatic heterocycles. The lowest BCUT2D eigenvalue weighted by Gasteiger charge is -2.06. The van der Waals surface area contributed by atoms with Gasteiger partial charge in [0.05, 0.1) is 5.56 Å². The third-order valence-corrected chi connectivity index (χ3v) is 3.13. The molecule has 0 bridgehead atoms. The lowest BCUT2D eigenvalue weighted by Crippen LogP contribution is -2.06. The standard InChI is InChI=1S/C14H10BrF2NO/c1-7-2-13(17)11(6-12(7)16)14(19)8-3-9(15)5-10(18)4-8/h2-6H,18H2,1H3. The van der Waals surface area contributed by atoms with Crippen LogP contribution < -0.4 is 5.73 Å². The van der Waals surface area contributed by atoms with Gasteiger partial charge in [0.2, 0.25) is 0 Å². The molecule has 0 fully saturated rings. The zero-order chi connectivity index (χ0) is 14.2. The first-order chi connectivity index (χ1) is 8.88. The molecule has 2 rings (SSSR count). The highest BCUT2D eigenvalue weighted by Gasteiger charge is 2.17. The van der Waals surface area contributed by atoms with Crippen LogP contribution in [-0.4, -0.2) is 5.78 Å². The molecular weight excluding hydrogens is 316 g/mol. The SMILES string of the molecule is Cc1cc(F)c(C(=O)c2cc(N)cc(Br)c2)cc1F. The van der Waals surface area contributed by atoms with Crippen molar-refractivity contribution in [3.8, 4) is 0 Å². The highest BCUT2D eigenvalue weighted by Crippen LogP contribution is 2.22. The van der Waals surface area contributed by atoms with Gasteiger partial charge in [0.25, 0.3) is 0 Å². The molecule has 0 radical (unpaired) electrons. The Morgan fingerprint density at radius 3 is 2.42 bits per heavy atom. The Kier molecular flexibility index (Phi) is 3.66. The van der Waals surface area contributed by atoms with Crippen LogP contribution in [0.4, 0.5) is 14.5 Å². The Bertz CT molecular complexity index is 650. The molecule has 2 N–H and O–H groups in total. The summed E-state index contributed by atoms with van der Waals surface area (Å²) in [6, 6.07) is 6.46. The number of ketones is 1. The molecule has 0 aromatic heterocycles. The number of hydrogen-bond donors (Lipinski definition) is 1. The Hall–Kier alpha value is -1.75. The van der Waals surface area contributed by atoms with Crippen molar-refractivity contribution in [1.29, 1.82) is 0 Å². The second-order valence-corrected chi connectivity index (χ2v) is 5.10. The fraction of sp³-hybridized carbons (Fsp3) is 0.0714. The molecule has 2 nitrogen and oxygen atoms in total. The summed E-state index contributed by atoms with van der Waals surface area (Å²) in [6.07, 6.45) is 0. The maximum Gasteiger partial charge on any atom is 0.196 e. The fourth-order valence-corrected chi connectivity index (χ4v) is 2.23. The van der Waals surface area contributed by atoms with Crippen molar-refractivity contribution < 1.29 is 13.6 Å². The number of anilines is 1. The van der Waals surface area contributed by atoms with Crippen LogP contribution in [0, 0.1) is 18.6 Å². The van der Waals surface area contributed by atoms with Gasteiger partial charge in [-0.3, -0.25) is 4.79 Å². The zero-order valence-corrected chi connectivity index (χ0v) is 11.6. The van der Waals surface area contributed by atoms with E-state index in [4.69, 9.17) is 5.73 Å². The van der Waals surface area contributed by atoms with Crippen LogP contribution in [0.3, 0.4) is 0 Å². The number of nitrogen functional groups attached to an aromatic ring is 1. The van der Waals surface area contributed by atoms with Crippen LogP contribution in [-0.2, 0) is 0 Å². The third-order valence-electron chi connectivity index (χ3n) is 2.68. The van der Waals surface area contributed by atoms with Crippen molar-refractivity contribution in [2.75, 3.05) is 5.73 Å². The summed E-state index contributed by atoms with van der Waals surface area (Å²) in [7, 11) is 0. The Morgan fingerprint density at radius 1 is 1.11 bits per heavy atom. The molecule has 0 unspecified atom stereocenters. The van der Waals surface area contributed by atoms with E-state index < -0.39 is 17.4 Å². The number of rotatable bonds is 2. The van der Waals surface area contributed by atoms with Gasteiger partial charge in [0.15, 0.2) is 5.78 Å². The minimum atomic E-state index is -0.748. The van der Waals surface area contributed by atoms with Crippen LogP contribution in [0.1, 0.15) is 21.5 Å².